The summed E-state index contributed by atoms with van der Waals surface area (Å²) < 4.78 is 5.28. The Morgan fingerprint density at radius 1 is 1.54 bits per heavy atom. The maximum absolute atomic E-state index is 5.94. The second kappa shape index (κ2) is 3.60. The number of methoxy groups -OCH3 is 1. The molecule has 0 amide bonds. The monoisotopic (exact) mass is 198 g/mol. The summed E-state index contributed by atoms with van der Waals surface area (Å²) in [4.78, 5) is 8.16. The van der Waals surface area contributed by atoms with Gasteiger partial charge < -0.3 is 4.74 Å². The molecule has 2 rings (SSSR count). The number of rotatable bonds is 1. The Balaban J connectivity index is 2.31. The van der Waals surface area contributed by atoms with Crippen LogP contribution >= 0.6 is 11.6 Å². The van der Waals surface area contributed by atoms with E-state index in [0.717, 1.165) is 30.5 Å². The predicted molar refractivity (Wildman–Crippen MR) is 49.9 cm³/mol. The van der Waals surface area contributed by atoms with Crippen molar-refractivity contribution in [2.24, 2.45) is 0 Å². The molecule has 0 N–H and O–H groups in total. The first-order valence-electron chi connectivity index (χ1n) is 4.32. The fourth-order valence-corrected chi connectivity index (χ4v) is 1.92. The zero-order valence-electron chi connectivity index (χ0n) is 7.46. The Morgan fingerprint density at radius 3 is 3.15 bits per heavy atom. The largest absolute Gasteiger partial charge is 0.381 e. The van der Waals surface area contributed by atoms with Crippen molar-refractivity contribution in [3.05, 3.63) is 22.7 Å². The molecule has 0 bridgehead atoms. The van der Waals surface area contributed by atoms with Crippen molar-refractivity contribution in [2.75, 3.05) is 7.11 Å². The molecule has 3 nitrogen and oxygen atoms in total. The third-order valence-electron chi connectivity index (χ3n) is 2.45. The Hall–Kier alpha value is -0.670. The highest BCUT2D eigenvalue weighted by Crippen LogP contribution is 2.25. The van der Waals surface area contributed by atoms with Crippen LogP contribution in [0.5, 0.6) is 0 Å². The van der Waals surface area contributed by atoms with Gasteiger partial charge in [0.25, 0.3) is 0 Å². The molecule has 0 aromatic carbocycles. The van der Waals surface area contributed by atoms with Gasteiger partial charge in [-0.15, -0.1) is 0 Å². The molecule has 13 heavy (non-hydrogen) atoms. The Morgan fingerprint density at radius 2 is 2.38 bits per heavy atom. The van der Waals surface area contributed by atoms with Gasteiger partial charge in [-0.2, -0.15) is 0 Å². The second-order valence-corrected chi connectivity index (χ2v) is 3.55. The molecule has 0 radical (unpaired) electrons. The van der Waals surface area contributed by atoms with Gasteiger partial charge in [-0.1, -0.05) is 11.6 Å². The smallest absolute Gasteiger partial charge is 0.135 e. The Bertz CT molecular complexity index is 316. The number of aromatic nitrogens is 2. The molecule has 70 valence electrons. The van der Waals surface area contributed by atoms with Crippen molar-refractivity contribution in [1.82, 2.24) is 9.97 Å². The summed E-state index contributed by atoms with van der Waals surface area (Å²) in [6.45, 7) is 0. The lowest BCUT2D eigenvalue weighted by Crippen LogP contribution is -2.22. The van der Waals surface area contributed by atoms with Crippen LogP contribution in [0.25, 0.3) is 0 Å². The molecule has 1 aromatic heterocycles. The average Bonchev–Trinajstić information content (AvgIpc) is 2.18. The molecule has 0 fully saturated rings. The SMILES string of the molecule is COC1CCc2c(Cl)ncnc2C1. The number of ether oxygens (including phenoxy) is 1. The lowest BCUT2D eigenvalue weighted by molar-refractivity contribution is 0.0899. The molecule has 0 aliphatic heterocycles. The van der Waals surface area contributed by atoms with Crippen LogP contribution in [0.3, 0.4) is 0 Å². The maximum Gasteiger partial charge on any atom is 0.135 e. The van der Waals surface area contributed by atoms with Crippen molar-refractivity contribution in [1.29, 1.82) is 0 Å². The van der Waals surface area contributed by atoms with Gasteiger partial charge in [0, 0.05) is 19.1 Å². The first-order chi connectivity index (χ1) is 6.31. The van der Waals surface area contributed by atoms with E-state index in [4.69, 9.17) is 16.3 Å². The molecule has 1 aromatic rings. The van der Waals surface area contributed by atoms with Crippen molar-refractivity contribution < 1.29 is 4.74 Å². The zero-order valence-corrected chi connectivity index (χ0v) is 8.21. The zero-order chi connectivity index (χ0) is 9.26. The lowest BCUT2D eigenvalue weighted by Gasteiger charge is -2.22. The minimum atomic E-state index is 0.290. The van der Waals surface area contributed by atoms with Crippen LogP contribution in [-0.4, -0.2) is 23.2 Å². The van der Waals surface area contributed by atoms with Crippen molar-refractivity contribution in [3.8, 4) is 0 Å². The fourth-order valence-electron chi connectivity index (χ4n) is 1.67. The Labute approximate surface area is 82.1 Å². The number of fused-ring (bicyclic) bond motifs is 1. The predicted octanol–water partition coefficient (Wildman–Crippen LogP) is 1.63. The topological polar surface area (TPSA) is 35.0 Å². The molecule has 1 aliphatic carbocycles. The maximum atomic E-state index is 5.94. The van der Waals surface area contributed by atoms with Gasteiger partial charge in [0.15, 0.2) is 0 Å². The summed E-state index contributed by atoms with van der Waals surface area (Å²) in [5.74, 6) is 0. The van der Waals surface area contributed by atoms with Crippen LogP contribution < -0.4 is 0 Å². The van der Waals surface area contributed by atoms with E-state index in [1.807, 2.05) is 0 Å². The third-order valence-corrected chi connectivity index (χ3v) is 2.78. The van der Waals surface area contributed by atoms with Crippen molar-refractivity contribution in [3.63, 3.8) is 0 Å². The highest BCUT2D eigenvalue weighted by molar-refractivity contribution is 6.30. The minimum absolute atomic E-state index is 0.290. The van der Waals surface area contributed by atoms with Gasteiger partial charge in [0.1, 0.15) is 11.5 Å². The van der Waals surface area contributed by atoms with Gasteiger partial charge in [0.05, 0.1) is 11.8 Å². The van der Waals surface area contributed by atoms with Gasteiger partial charge in [0.2, 0.25) is 0 Å². The normalized spacial score (nSPS) is 21.2. The fraction of sp³-hybridized carbons (Fsp3) is 0.556. The van der Waals surface area contributed by atoms with E-state index in [-0.39, 0.29) is 0 Å². The molecule has 0 spiro atoms. The molecular weight excluding hydrogens is 188 g/mol. The summed E-state index contributed by atoms with van der Waals surface area (Å²) in [5, 5.41) is 0.597. The van der Waals surface area contributed by atoms with Crippen LogP contribution in [-0.2, 0) is 17.6 Å². The molecule has 1 aliphatic rings. The first-order valence-corrected chi connectivity index (χ1v) is 4.70. The van der Waals surface area contributed by atoms with Gasteiger partial charge in [-0.3, -0.25) is 0 Å². The summed E-state index contributed by atoms with van der Waals surface area (Å²) >= 11 is 5.94. The van der Waals surface area contributed by atoms with E-state index in [9.17, 15) is 0 Å². The van der Waals surface area contributed by atoms with E-state index >= 15 is 0 Å². The van der Waals surface area contributed by atoms with Crippen LogP contribution in [0, 0.1) is 0 Å². The van der Waals surface area contributed by atoms with E-state index < -0.39 is 0 Å². The summed E-state index contributed by atoms with van der Waals surface area (Å²) in [7, 11) is 1.73. The molecule has 1 atom stereocenters. The van der Waals surface area contributed by atoms with Gasteiger partial charge in [-0.25, -0.2) is 9.97 Å². The van der Waals surface area contributed by atoms with Crippen LogP contribution in [0.15, 0.2) is 6.33 Å². The van der Waals surface area contributed by atoms with Crippen LogP contribution in [0.4, 0.5) is 0 Å². The van der Waals surface area contributed by atoms with Gasteiger partial charge in [-0.05, 0) is 12.8 Å². The second-order valence-electron chi connectivity index (χ2n) is 3.19. The molecular formula is C9H11ClN2O. The molecule has 1 heterocycles. The van der Waals surface area contributed by atoms with E-state index in [2.05, 4.69) is 9.97 Å². The standard InChI is InChI=1S/C9H11ClN2O/c1-13-6-2-3-7-8(4-6)11-5-12-9(7)10/h5-6H,2-4H2,1H3. The molecule has 0 saturated heterocycles. The number of halogens is 1. The number of nitrogens with zero attached hydrogens (tertiary/aromatic N) is 2. The molecule has 4 heteroatoms. The van der Waals surface area contributed by atoms with Crippen LogP contribution in [0.1, 0.15) is 17.7 Å². The highest BCUT2D eigenvalue weighted by Gasteiger charge is 2.21. The highest BCUT2D eigenvalue weighted by atomic mass is 35.5. The van der Waals surface area contributed by atoms with Crippen molar-refractivity contribution in [2.45, 2.75) is 25.4 Å². The van der Waals surface area contributed by atoms with Gasteiger partial charge >= 0.3 is 0 Å². The summed E-state index contributed by atoms with van der Waals surface area (Å²) in [5.41, 5.74) is 2.13. The molecule has 0 saturated carbocycles. The first kappa shape index (κ1) is 8.91. The lowest BCUT2D eigenvalue weighted by atomic mass is 9.95. The van der Waals surface area contributed by atoms with Crippen molar-refractivity contribution >= 4 is 11.6 Å². The van der Waals surface area contributed by atoms with E-state index in [0.29, 0.717) is 11.3 Å². The number of hydrogen-bond donors (Lipinski definition) is 0. The summed E-state index contributed by atoms with van der Waals surface area (Å²) in [6, 6.07) is 0. The number of hydrogen-bond acceptors (Lipinski definition) is 3. The molecule has 1 unspecified atom stereocenters. The van der Waals surface area contributed by atoms with E-state index in [1.165, 1.54) is 6.33 Å². The minimum Gasteiger partial charge on any atom is -0.381 e. The Kier molecular flexibility index (Phi) is 2.47. The quantitative estimate of drug-likeness (QED) is 0.644. The van der Waals surface area contributed by atoms with Crippen LogP contribution in [0.2, 0.25) is 5.15 Å². The third kappa shape index (κ3) is 1.67. The average molecular weight is 199 g/mol. The van der Waals surface area contributed by atoms with E-state index in [1.54, 1.807) is 7.11 Å². The summed E-state index contributed by atoms with van der Waals surface area (Å²) in [6.07, 6.45) is 4.59.